The van der Waals surface area contributed by atoms with Gasteiger partial charge in [0.05, 0.1) is 17.2 Å². The topological polar surface area (TPSA) is 150 Å². The number of nitrogens with one attached hydrogen (secondary N) is 1. The number of likely N-dealkylation sites (tertiary alicyclic amines) is 1. The van der Waals surface area contributed by atoms with Gasteiger partial charge in [-0.15, -0.1) is 0 Å². The number of unbranched alkanes of at least 4 members (excludes halogenated alkanes) is 1. The average Bonchev–Trinajstić information content (AvgIpc) is 3.55. The van der Waals surface area contributed by atoms with E-state index in [0.717, 1.165) is 10.6 Å². The number of furan rings is 1. The summed E-state index contributed by atoms with van der Waals surface area (Å²) in [5.41, 5.74) is 1.18. The van der Waals surface area contributed by atoms with Crippen molar-refractivity contribution >= 4 is 44.7 Å². The molecule has 0 radical (unpaired) electrons. The quantitative estimate of drug-likeness (QED) is 0.351. The number of carboxylic acid groups (broad SMARTS) is 1. The Bertz CT molecular complexity index is 1550. The Hall–Kier alpha value is -4.00. The maximum Gasteiger partial charge on any atom is 0.326 e. The van der Waals surface area contributed by atoms with Gasteiger partial charge in [-0.3, -0.25) is 13.9 Å². The molecule has 1 saturated heterocycles. The highest BCUT2D eigenvalue weighted by molar-refractivity contribution is 7.92. The molecule has 3 aromatic rings. The minimum absolute atomic E-state index is 0.0381. The number of halogens is 1. The van der Waals surface area contributed by atoms with Crippen molar-refractivity contribution in [3.63, 3.8) is 0 Å². The van der Waals surface area contributed by atoms with E-state index >= 15 is 0 Å². The zero-order valence-electron chi connectivity index (χ0n) is 22.4. The number of benzene rings is 1. The van der Waals surface area contributed by atoms with Gasteiger partial charge in [-0.2, -0.15) is 4.98 Å². The van der Waals surface area contributed by atoms with Gasteiger partial charge in [-0.25, -0.2) is 17.6 Å². The van der Waals surface area contributed by atoms with E-state index in [4.69, 9.17) is 4.42 Å². The van der Waals surface area contributed by atoms with E-state index in [1.54, 1.807) is 6.07 Å². The van der Waals surface area contributed by atoms with Crippen LogP contribution in [-0.2, 0) is 26.0 Å². The van der Waals surface area contributed by atoms with Crippen molar-refractivity contribution in [1.29, 1.82) is 0 Å². The number of nitrogens with zero attached hydrogens (tertiary/aromatic N) is 3. The minimum atomic E-state index is -3.71. The number of pyridine rings is 1. The van der Waals surface area contributed by atoms with Crippen molar-refractivity contribution < 1.29 is 36.7 Å². The summed E-state index contributed by atoms with van der Waals surface area (Å²) < 4.78 is 45.3. The Labute approximate surface area is 231 Å². The third-order valence-electron chi connectivity index (χ3n) is 7.04. The SMILES string of the molecule is CNC(=O)c1c(-c2ccc(F)cc2)oc2nc(N(C)S(C)(=O)=O)c(CCCCC(=O)N3CCC[C@H]3C(=O)O)cc12. The first-order chi connectivity index (χ1) is 18.9. The van der Waals surface area contributed by atoms with Crippen LogP contribution in [0.2, 0.25) is 0 Å². The molecule has 2 aromatic heterocycles. The number of rotatable bonds is 10. The van der Waals surface area contributed by atoms with Crippen LogP contribution < -0.4 is 9.62 Å². The van der Waals surface area contributed by atoms with Gasteiger partial charge >= 0.3 is 5.97 Å². The molecule has 3 heterocycles. The van der Waals surface area contributed by atoms with Crippen LogP contribution in [0.1, 0.15) is 48.0 Å². The van der Waals surface area contributed by atoms with Crippen molar-refractivity contribution in [1.82, 2.24) is 15.2 Å². The van der Waals surface area contributed by atoms with Gasteiger partial charge in [0.25, 0.3) is 5.91 Å². The van der Waals surface area contributed by atoms with Gasteiger partial charge in [-0.1, -0.05) is 0 Å². The summed E-state index contributed by atoms with van der Waals surface area (Å²) in [6.45, 7) is 0.416. The number of sulfonamides is 1. The van der Waals surface area contributed by atoms with E-state index in [1.807, 2.05) is 0 Å². The molecule has 13 heteroatoms. The third-order valence-corrected chi connectivity index (χ3v) is 8.21. The lowest BCUT2D eigenvalue weighted by molar-refractivity contribution is -0.148. The van der Waals surface area contributed by atoms with Crippen molar-refractivity contribution in [2.24, 2.45) is 0 Å². The Morgan fingerprint density at radius 2 is 1.93 bits per heavy atom. The van der Waals surface area contributed by atoms with Gasteiger partial charge in [-0.05, 0) is 68.0 Å². The van der Waals surface area contributed by atoms with Crippen LogP contribution in [0.25, 0.3) is 22.4 Å². The van der Waals surface area contributed by atoms with Crippen LogP contribution in [0, 0.1) is 5.82 Å². The first-order valence-corrected chi connectivity index (χ1v) is 14.7. The number of hydrogen-bond donors (Lipinski definition) is 2. The maximum absolute atomic E-state index is 13.5. The number of aryl methyl sites for hydroxylation is 1. The van der Waals surface area contributed by atoms with Gasteiger partial charge in [0.1, 0.15) is 23.4 Å². The van der Waals surface area contributed by atoms with E-state index in [9.17, 15) is 32.3 Å². The van der Waals surface area contributed by atoms with E-state index in [2.05, 4.69) is 10.3 Å². The minimum Gasteiger partial charge on any atom is -0.480 e. The number of fused-ring (bicyclic) bond motifs is 1. The fourth-order valence-corrected chi connectivity index (χ4v) is 5.35. The van der Waals surface area contributed by atoms with Crippen molar-refractivity contribution in [3.05, 3.63) is 47.3 Å². The van der Waals surface area contributed by atoms with Gasteiger partial charge in [0.2, 0.25) is 21.6 Å². The van der Waals surface area contributed by atoms with Crippen molar-refractivity contribution in [2.75, 3.05) is 31.2 Å². The highest BCUT2D eigenvalue weighted by Gasteiger charge is 2.33. The highest BCUT2D eigenvalue weighted by Crippen LogP contribution is 2.36. The molecule has 40 heavy (non-hydrogen) atoms. The molecule has 4 rings (SSSR count). The second kappa shape index (κ2) is 11.6. The van der Waals surface area contributed by atoms with Crippen LogP contribution in [0.15, 0.2) is 34.7 Å². The summed E-state index contributed by atoms with van der Waals surface area (Å²) in [5, 5.41) is 12.3. The second-order valence-corrected chi connectivity index (χ2v) is 11.8. The normalized spacial score (nSPS) is 15.4. The molecule has 1 fully saturated rings. The monoisotopic (exact) mass is 574 g/mol. The van der Waals surface area contributed by atoms with E-state index < -0.39 is 33.8 Å². The van der Waals surface area contributed by atoms with Gasteiger partial charge in [0, 0.05) is 32.6 Å². The zero-order valence-corrected chi connectivity index (χ0v) is 23.3. The number of carbonyl (C=O) groups excluding carboxylic acids is 2. The molecule has 0 saturated carbocycles. The van der Waals surface area contributed by atoms with E-state index in [1.165, 1.54) is 43.3 Å². The number of carboxylic acids is 1. The lowest BCUT2D eigenvalue weighted by Gasteiger charge is -2.21. The number of anilines is 1. The maximum atomic E-state index is 13.5. The highest BCUT2D eigenvalue weighted by atomic mass is 32.2. The first-order valence-electron chi connectivity index (χ1n) is 12.8. The fourth-order valence-electron chi connectivity index (χ4n) is 4.88. The van der Waals surface area contributed by atoms with Crippen LogP contribution in [0.4, 0.5) is 10.2 Å². The number of aliphatic carboxylic acids is 1. The summed E-state index contributed by atoms with van der Waals surface area (Å²) in [5.74, 6) is -1.87. The predicted octanol–water partition coefficient (Wildman–Crippen LogP) is 3.18. The number of aromatic nitrogens is 1. The van der Waals surface area contributed by atoms with Crippen LogP contribution >= 0.6 is 0 Å². The lowest BCUT2D eigenvalue weighted by atomic mass is 10.0. The van der Waals surface area contributed by atoms with E-state index in [-0.39, 0.29) is 35.2 Å². The summed E-state index contributed by atoms with van der Waals surface area (Å²) in [6, 6.07) is 6.27. The molecule has 214 valence electrons. The van der Waals surface area contributed by atoms with Crippen LogP contribution in [0.3, 0.4) is 0 Å². The third kappa shape index (κ3) is 5.93. The lowest BCUT2D eigenvalue weighted by Crippen LogP contribution is -2.40. The Balaban J connectivity index is 1.67. The molecule has 0 spiro atoms. The molecule has 0 aliphatic carbocycles. The standard InChI is InChI=1S/C27H31FN4O7S/c1-29-25(34)22-19-15-17(7-4-5-9-21(33)32-14-6-8-20(32)27(35)36)24(31(2)40(3,37)38)30-26(19)39-23(22)16-10-12-18(28)13-11-16/h10-13,15,20H,4-9,14H2,1-3H3,(H,29,34)(H,35,36)/t20-/m0/s1. The van der Waals surface area contributed by atoms with Gasteiger partial charge < -0.3 is 19.7 Å². The molecular formula is C27H31FN4O7S. The first kappa shape index (κ1) is 29.0. The fraction of sp³-hybridized carbons (Fsp3) is 0.407. The molecule has 2 amide bonds. The van der Waals surface area contributed by atoms with Crippen molar-refractivity contribution in [2.45, 2.75) is 44.6 Å². The van der Waals surface area contributed by atoms with Crippen LogP contribution in [0.5, 0.6) is 0 Å². The number of carbonyl (C=O) groups is 3. The van der Waals surface area contributed by atoms with Gasteiger partial charge in [0.15, 0.2) is 0 Å². The van der Waals surface area contributed by atoms with E-state index in [0.29, 0.717) is 55.2 Å². The summed E-state index contributed by atoms with van der Waals surface area (Å²) >= 11 is 0. The summed E-state index contributed by atoms with van der Waals surface area (Å²) in [7, 11) is -0.885. The molecule has 0 bridgehead atoms. The molecular weight excluding hydrogens is 543 g/mol. The molecule has 2 N–H and O–H groups in total. The molecule has 1 aliphatic heterocycles. The smallest absolute Gasteiger partial charge is 0.326 e. The number of amides is 2. The zero-order chi connectivity index (χ0) is 29.2. The Morgan fingerprint density at radius 1 is 1.23 bits per heavy atom. The van der Waals surface area contributed by atoms with Crippen molar-refractivity contribution in [3.8, 4) is 11.3 Å². The van der Waals surface area contributed by atoms with Crippen LogP contribution in [-0.4, -0.2) is 74.1 Å². The largest absolute Gasteiger partial charge is 0.480 e. The predicted molar refractivity (Wildman–Crippen MR) is 146 cm³/mol. The molecule has 1 aliphatic rings. The molecule has 11 nitrogen and oxygen atoms in total. The second-order valence-electron chi connectivity index (χ2n) is 9.74. The molecule has 1 atom stereocenters. The molecule has 0 unspecified atom stereocenters. The Morgan fingerprint density at radius 3 is 2.55 bits per heavy atom. The summed E-state index contributed by atoms with van der Waals surface area (Å²) in [6.07, 6.45) is 3.53. The average molecular weight is 575 g/mol. The molecule has 1 aromatic carbocycles. The summed E-state index contributed by atoms with van der Waals surface area (Å²) in [4.78, 5) is 42.8. The number of hydrogen-bond acceptors (Lipinski definition) is 7. The Kier molecular flexibility index (Phi) is 8.43.